The molecule has 4 rings (SSSR count). The minimum Gasteiger partial charge on any atom is -0.495 e. The number of carbonyl (C=O) groups excluding carboxylic acids is 3. The van der Waals surface area contributed by atoms with Crippen LogP contribution in [-0.2, 0) is 15.8 Å². The first-order valence-electron chi connectivity index (χ1n) is 13.8. The van der Waals surface area contributed by atoms with E-state index >= 15 is 0 Å². The Balaban J connectivity index is 1.50. The van der Waals surface area contributed by atoms with Gasteiger partial charge in [-0.2, -0.15) is 13.2 Å². The molecular formula is C34H29ClF3N3O4S. The Kier molecular flexibility index (Phi) is 10.8. The van der Waals surface area contributed by atoms with Gasteiger partial charge >= 0.3 is 6.18 Å². The molecule has 4 aromatic rings. The summed E-state index contributed by atoms with van der Waals surface area (Å²) in [7, 11) is 1.49. The highest BCUT2D eigenvalue weighted by Gasteiger charge is 2.33. The number of nitrogens with one attached hydrogen (secondary N) is 3. The molecule has 0 aliphatic heterocycles. The third-order valence-corrected chi connectivity index (χ3v) is 8.04. The summed E-state index contributed by atoms with van der Waals surface area (Å²) >= 11 is 7.44. The van der Waals surface area contributed by atoms with Crippen LogP contribution in [0.4, 0.5) is 24.5 Å². The fourth-order valence-corrected chi connectivity index (χ4v) is 5.41. The molecule has 0 fully saturated rings. The lowest BCUT2D eigenvalue weighted by Crippen LogP contribution is -2.33. The summed E-state index contributed by atoms with van der Waals surface area (Å²) in [5.41, 5.74) is -0.610. The van der Waals surface area contributed by atoms with Gasteiger partial charge in [0.15, 0.2) is 0 Å². The van der Waals surface area contributed by atoms with Crippen LogP contribution in [0.1, 0.15) is 35.3 Å². The zero-order valence-corrected chi connectivity index (χ0v) is 26.4. The molecule has 0 saturated heterocycles. The van der Waals surface area contributed by atoms with Gasteiger partial charge in [-0.15, -0.1) is 11.8 Å². The van der Waals surface area contributed by atoms with Crippen molar-refractivity contribution >= 4 is 58.5 Å². The van der Waals surface area contributed by atoms with Gasteiger partial charge < -0.3 is 20.7 Å². The monoisotopic (exact) mass is 667 g/mol. The maximum Gasteiger partial charge on any atom is 0.416 e. The fraction of sp³-hybridized carbons (Fsp3) is 0.147. The Labute approximate surface area is 273 Å². The van der Waals surface area contributed by atoms with Gasteiger partial charge in [-0.25, -0.2) is 0 Å². The van der Waals surface area contributed by atoms with E-state index in [2.05, 4.69) is 16.0 Å². The molecule has 0 bridgehead atoms. The minimum absolute atomic E-state index is 0.216. The van der Waals surface area contributed by atoms with Crippen LogP contribution >= 0.6 is 23.4 Å². The second kappa shape index (κ2) is 14.6. The van der Waals surface area contributed by atoms with Crippen LogP contribution in [0.3, 0.4) is 0 Å². The standard InChI is InChI=1S/C34H29ClF3N3O4S/c1-33(2,32(44)40-24-15-18-29(45-3)27(35)20-24)46-25-16-13-23(14-17-25)39-31(43)28(41-30(42)21-9-5-4-6-10-21)19-22-11-7-8-12-26(22)34(36,37)38/h4-20H,1-3H3,(H,39,43)(H,40,44)(H,41,42). The number of hydrogen-bond donors (Lipinski definition) is 3. The number of methoxy groups -OCH3 is 1. The Hall–Kier alpha value is -4.74. The minimum atomic E-state index is -4.68. The quantitative estimate of drug-likeness (QED) is 0.117. The number of halogens is 4. The topological polar surface area (TPSA) is 96.5 Å². The Morgan fingerprint density at radius 1 is 0.826 bits per heavy atom. The van der Waals surface area contributed by atoms with Gasteiger partial charge in [0.25, 0.3) is 11.8 Å². The summed E-state index contributed by atoms with van der Waals surface area (Å²) in [6, 6.07) is 24.1. The number of rotatable bonds is 10. The van der Waals surface area contributed by atoms with E-state index in [1.54, 1.807) is 74.5 Å². The van der Waals surface area contributed by atoms with Crippen LogP contribution < -0.4 is 20.7 Å². The zero-order chi connectivity index (χ0) is 33.5. The summed E-state index contributed by atoms with van der Waals surface area (Å²) in [6.45, 7) is 3.50. The van der Waals surface area contributed by atoms with Crippen molar-refractivity contribution in [2.75, 3.05) is 17.7 Å². The van der Waals surface area contributed by atoms with Crippen molar-refractivity contribution in [3.8, 4) is 5.75 Å². The van der Waals surface area contributed by atoms with Gasteiger partial charge in [0, 0.05) is 21.8 Å². The molecule has 0 aliphatic rings. The van der Waals surface area contributed by atoms with Gasteiger partial charge in [0.2, 0.25) is 5.91 Å². The number of hydrogen-bond acceptors (Lipinski definition) is 5. The second-order valence-electron chi connectivity index (χ2n) is 10.4. The first-order chi connectivity index (χ1) is 21.8. The molecule has 238 valence electrons. The molecular weight excluding hydrogens is 639 g/mol. The summed E-state index contributed by atoms with van der Waals surface area (Å²) < 4.78 is 45.3. The van der Waals surface area contributed by atoms with E-state index in [1.165, 1.54) is 49.2 Å². The molecule has 0 atom stereocenters. The van der Waals surface area contributed by atoms with E-state index in [0.29, 0.717) is 27.0 Å². The van der Waals surface area contributed by atoms with Crippen molar-refractivity contribution in [2.24, 2.45) is 0 Å². The van der Waals surface area contributed by atoms with Crippen LogP contribution in [0.5, 0.6) is 5.75 Å². The first kappa shape index (κ1) is 34.1. The highest BCUT2D eigenvalue weighted by molar-refractivity contribution is 8.01. The van der Waals surface area contributed by atoms with Gasteiger partial charge in [0.1, 0.15) is 11.4 Å². The molecule has 0 saturated carbocycles. The lowest BCUT2D eigenvalue weighted by molar-refractivity contribution is -0.137. The fourth-order valence-electron chi connectivity index (χ4n) is 4.15. The zero-order valence-electron chi connectivity index (χ0n) is 24.9. The molecule has 0 aliphatic carbocycles. The molecule has 0 aromatic heterocycles. The van der Waals surface area contributed by atoms with E-state index in [-0.39, 0.29) is 22.7 Å². The van der Waals surface area contributed by atoms with Crippen molar-refractivity contribution in [3.05, 3.63) is 124 Å². The van der Waals surface area contributed by atoms with E-state index in [0.717, 1.165) is 12.1 Å². The Bertz CT molecular complexity index is 1760. The number of thioether (sulfide) groups is 1. The second-order valence-corrected chi connectivity index (χ2v) is 12.5. The van der Waals surface area contributed by atoms with E-state index < -0.39 is 28.3 Å². The molecule has 3 N–H and O–H groups in total. The van der Waals surface area contributed by atoms with Crippen molar-refractivity contribution < 1.29 is 32.3 Å². The molecule has 12 heteroatoms. The van der Waals surface area contributed by atoms with E-state index in [4.69, 9.17) is 16.3 Å². The van der Waals surface area contributed by atoms with Gasteiger partial charge in [0.05, 0.1) is 22.4 Å². The van der Waals surface area contributed by atoms with Crippen LogP contribution in [0.2, 0.25) is 5.02 Å². The van der Waals surface area contributed by atoms with Gasteiger partial charge in [-0.3, -0.25) is 14.4 Å². The maximum absolute atomic E-state index is 13.7. The van der Waals surface area contributed by atoms with Crippen LogP contribution in [-0.4, -0.2) is 29.6 Å². The molecule has 0 heterocycles. The van der Waals surface area contributed by atoms with Crippen molar-refractivity contribution in [1.29, 1.82) is 0 Å². The number of alkyl halides is 3. The van der Waals surface area contributed by atoms with E-state index in [9.17, 15) is 27.6 Å². The summed E-state index contributed by atoms with van der Waals surface area (Å²) in [5, 5.41) is 8.26. The number of carbonyl (C=O) groups is 3. The molecule has 0 radical (unpaired) electrons. The molecule has 3 amide bonds. The lowest BCUT2D eigenvalue weighted by atomic mass is 10.1. The summed E-state index contributed by atoms with van der Waals surface area (Å²) in [5.74, 6) is -1.30. The average Bonchev–Trinajstić information content (AvgIpc) is 3.01. The Morgan fingerprint density at radius 3 is 2.09 bits per heavy atom. The normalized spacial score (nSPS) is 11.8. The molecule has 7 nitrogen and oxygen atoms in total. The molecule has 46 heavy (non-hydrogen) atoms. The average molecular weight is 668 g/mol. The number of ether oxygens (including phenoxy) is 1. The molecule has 0 unspecified atom stereocenters. The predicted octanol–water partition coefficient (Wildman–Crippen LogP) is 8.29. The SMILES string of the molecule is COc1ccc(NC(=O)C(C)(C)Sc2ccc(NC(=O)C(=Cc3ccccc3C(F)(F)F)NC(=O)c3ccccc3)cc2)cc1Cl. The maximum atomic E-state index is 13.7. The third kappa shape index (κ3) is 8.92. The lowest BCUT2D eigenvalue weighted by Gasteiger charge is -2.23. The molecule has 4 aromatic carbocycles. The van der Waals surface area contributed by atoms with Crippen molar-refractivity contribution in [3.63, 3.8) is 0 Å². The third-order valence-electron chi connectivity index (χ3n) is 6.54. The first-order valence-corrected chi connectivity index (χ1v) is 15.0. The largest absolute Gasteiger partial charge is 0.495 e. The number of amides is 3. The van der Waals surface area contributed by atoms with Gasteiger partial charge in [-0.1, -0.05) is 48.0 Å². The molecule has 0 spiro atoms. The highest BCUT2D eigenvalue weighted by atomic mass is 35.5. The van der Waals surface area contributed by atoms with Gasteiger partial charge in [-0.05, 0) is 86.2 Å². The van der Waals surface area contributed by atoms with Crippen LogP contribution in [0.25, 0.3) is 6.08 Å². The van der Waals surface area contributed by atoms with Crippen molar-refractivity contribution in [1.82, 2.24) is 5.32 Å². The Morgan fingerprint density at radius 2 is 1.46 bits per heavy atom. The highest BCUT2D eigenvalue weighted by Crippen LogP contribution is 2.36. The van der Waals surface area contributed by atoms with Crippen LogP contribution in [0.15, 0.2) is 108 Å². The summed E-state index contributed by atoms with van der Waals surface area (Å²) in [4.78, 5) is 40.0. The number of benzene rings is 4. The predicted molar refractivity (Wildman–Crippen MR) is 175 cm³/mol. The smallest absolute Gasteiger partial charge is 0.416 e. The summed E-state index contributed by atoms with van der Waals surface area (Å²) in [6.07, 6.45) is -3.70. The number of anilines is 2. The van der Waals surface area contributed by atoms with Crippen LogP contribution in [0, 0.1) is 0 Å². The van der Waals surface area contributed by atoms with Crippen molar-refractivity contribution in [2.45, 2.75) is 29.7 Å². The van der Waals surface area contributed by atoms with E-state index in [1.807, 2.05) is 0 Å².